The van der Waals surface area contributed by atoms with Crippen LogP contribution < -0.4 is 0 Å². The summed E-state index contributed by atoms with van der Waals surface area (Å²) in [5.41, 5.74) is -1.06. The Balaban J connectivity index is 2.64. The average Bonchev–Trinajstić information content (AvgIpc) is 2.41. The van der Waals surface area contributed by atoms with E-state index in [-0.39, 0.29) is 10.6 Å². The minimum Gasteiger partial charge on any atom is -0.373 e. The number of rotatable bonds is 3. The largest absolute Gasteiger partial charge is 0.373 e. The Bertz CT molecular complexity index is 569. The summed E-state index contributed by atoms with van der Waals surface area (Å²) in [6.45, 7) is 0. The van der Waals surface area contributed by atoms with Crippen LogP contribution >= 0.6 is 23.2 Å². The summed E-state index contributed by atoms with van der Waals surface area (Å²) in [5, 5.41) is 11.3. The third-order valence-electron chi connectivity index (χ3n) is 2.72. The van der Waals surface area contributed by atoms with Crippen LogP contribution in [0.15, 0.2) is 48.5 Å². The number of hydrogen-bond donors (Lipinski definition) is 1. The zero-order valence-electron chi connectivity index (χ0n) is 9.31. The van der Waals surface area contributed by atoms with E-state index in [1.165, 1.54) is 6.07 Å². The van der Waals surface area contributed by atoms with Gasteiger partial charge in [0.1, 0.15) is 0 Å². The summed E-state index contributed by atoms with van der Waals surface area (Å²) in [7, 11) is 0. The molecule has 2 nitrogen and oxygen atoms in total. The molecule has 2 aromatic rings. The van der Waals surface area contributed by atoms with Crippen molar-refractivity contribution in [2.45, 2.75) is 5.60 Å². The lowest BCUT2D eigenvalue weighted by Gasteiger charge is -2.24. The second kappa shape index (κ2) is 5.11. The van der Waals surface area contributed by atoms with E-state index < -0.39 is 5.60 Å². The molecule has 0 aliphatic carbocycles. The fraction of sp³-hybridized carbons (Fsp3) is 0.0714. The third kappa shape index (κ3) is 2.27. The standard InChI is InChI=1S/C14H10Cl2O2/c15-11-6-7-13(16)12(8-11)14(18,9-17)10-4-2-1-3-5-10/h1-9,18H. The van der Waals surface area contributed by atoms with Gasteiger partial charge in [0, 0.05) is 15.6 Å². The van der Waals surface area contributed by atoms with Crippen LogP contribution in [0, 0.1) is 0 Å². The average molecular weight is 281 g/mol. The highest BCUT2D eigenvalue weighted by atomic mass is 35.5. The molecule has 0 aliphatic rings. The van der Waals surface area contributed by atoms with E-state index in [0.29, 0.717) is 16.9 Å². The van der Waals surface area contributed by atoms with E-state index in [4.69, 9.17) is 23.2 Å². The lowest BCUT2D eigenvalue weighted by Crippen LogP contribution is -2.29. The molecule has 0 spiro atoms. The Morgan fingerprint density at radius 1 is 1.06 bits per heavy atom. The highest BCUT2D eigenvalue weighted by Gasteiger charge is 2.33. The van der Waals surface area contributed by atoms with Crippen molar-refractivity contribution in [2.75, 3.05) is 0 Å². The van der Waals surface area contributed by atoms with Crippen LogP contribution in [0.1, 0.15) is 11.1 Å². The normalized spacial score (nSPS) is 13.9. The number of benzene rings is 2. The Kier molecular flexibility index (Phi) is 3.71. The number of carbonyl (C=O) groups is 1. The maximum absolute atomic E-state index is 11.3. The highest BCUT2D eigenvalue weighted by molar-refractivity contribution is 6.33. The van der Waals surface area contributed by atoms with E-state index in [1.54, 1.807) is 42.5 Å². The van der Waals surface area contributed by atoms with Crippen molar-refractivity contribution in [3.63, 3.8) is 0 Å². The van der Waals surface area contributed by atoms with Crippen molar-refractivity contribution in [1.82, 2.24) is 0 Å². The summed E-state index contributed by atoms with van der Waals surface area (Å²) in [6, 6.07) is 13.2. The molecular weight excluding hydrogens is 271 g/mol. The van der Waals surface area contributed by atoms with Crippen LogP contribution in [0.2, 0.25) is 10.0 Å². The molecule has 0 heterocycles. The first-order valence-electron chi connectivity index (χ1n) is 5.27. The molecule has 0 fully saturated rings. The molecule has 0 saturated heterocycles. The van der Waals surface area contributed by atoms with Crippen LogP contribution in [0.4, 0.5) is 0 Å². The molecular formula is C14H10Cl2O2. The van der Waals surface area contributed by atoms with E-state index >= 15 is 0 Å². The van der Waals surface area contributed by atoms with Crippen molar-refractivity contribution in [1.29, 1.82) is 0 Å². The minimum absolute atomic E-state index is 0.276. The van der Waals surface area contributed by atoms with Gasteiger partial charge in [-0.25, -0.2) is 0 Å². The van der Waals surface area contributed by atoms with Crippen LogP contribution in [0.25, 0.3) is 0 Å². The lowest BCUT2D eigenvalue weighted by molar-refractivity contribution is -0.121. The van der Waals surface area contributed by atoms with E-state index in [2.05, 4.69) is 0 Å². The van der Waals surface area contributed by atoms with Gasteiger partial charge in [-0.3, -0.25) is 4.79 Å². The molecule has 18 heavy (non-hydrogen) atoms. The molecule has 0 aliphatic heterocycles. The first-order chi connectivity index (χ1) is 8.58. The number of carbonyl (C=O) groups excluding carboxylic acids is 1. The zero-order chi connectivity index (χ0) is 13.2. The van der Waals surface area contributed by atoms with Gasteiger partial charge in [-0.2, -0.15) is 0 Å². The first kappa shape index (κ1) is 13.1. The summed E-state index contributed by atoms with van der Waals surface area (Å²) >= 11 is 11.9. The van der Waals surface area contributed by atoms with Gasteiger partial charge >= 0.3 is 0 Å². The quantitative estimate of drug-likeness (QED) is 0.875. The number of halogens is 2. The van der Waals surface area contributed by atoms with Gasteiger partial charge in [0.25, 0.3) is 0 Å². The van der Waals surface area contributed by atoms with Gasteiger partial charge in [-0.1, -0.05) is 53.5 Å². The second-order valence-corrected chi connectivity index (χ2v) is 4.72. The number of hydrogen-bond acceptors (Lipinski definition) is 2. The summed E-state index contributed by atoms with van der Waals surface area (Å²) in [4.78, 5) is 11.3. The van der Waals surface area contributed by atoms with E-state index in [1.807, 2.05) is 0 Å². The fourth-order valence-electron chi connectivity index (χ4n) is 1.77. The predicted molar refractivity (Wildman–Crippen MR) is 72.0 cm³/mol. The maximum Gasteiger partial charge on any atom is 0.171 e. The van der Waals surface area contributed by atoms with Gasteiger partial charge in [-0.15, -0.1) is 0 Å². The molecule has 2 rings (SSSR count). The van der Waals surface area contributed by atoms with Crippen molar-refractivity contribution >= 4 is 29.5 Å². The van der Waals surface area contributed by atoms with Crippen molar-refractivity contribution in [2.24, 2.45) is 0 Å². The SMILES string of the molecule is O=CC(O)(c1ccccc1)c1cc(Cl)ccc1Cl. The smallest absolute Gasteiger partial charge is 0.171 e. The molecule has 92 valence electrons. The van der Waals surface area contributed by atoms with Crippen LogP contribution in [-0.2, 0) is 10.4 Å². The monoisotopic (exact) mass is 280 g/mol. The topological polar surface area (TPSA) is 37.3 Å². The summed E-state index contributed by atoms with van der Waals surface area (Å²) < 4.78 is 0. The van der Waals surface area contributed by atoms with Crippen molar-refractivity contribution in [3.05, 3.63) is 69.7 Å². The fourth-order valence-corrected chi connectivity index (χ4v) is 2.20. The number of aliphatic hydroxyl groups is 1. The molecule has 0 aromatic heterocycles. The zero-order valence-corrected chi connectivity index (χ0v) is 10.8. The van der Waals surface area contributed by atoms with Crippen LogP contribution in [0.5, 0.6) is 0 Å². The summed E-state index contributed by atoms with van der Waals surface area (Å²) in [5.74, 6) is 0. The van der Waals surface area contributed by atoms with Crippen LogP contribution in [0.3, 0.4) is 0 Å². The van der Waals surface area contributed by atoms with Gasteiger partial charge in [0.05, 0.1) is 0 Å². The van der Waals surface area contributed by atoms with Gasteiger partial charge in [-0.05, 0) is 23.8 Å². The Hall–Kier alpha value is -1.35. The molecule has 0 amide bonds. The number of aldehydes is 1. The van der Waals surface area contributed by atoms with E-state index in [9.17, 15) is 9.90 Å². The van der Waals surface area contributed by atoms with Gasteiger partial charge in [0.15, 0.2) is 11.9 Å². The molecule has 1 unspecified atom stereocenters. The Morgan fingerprint density at radius 3 is 2.33 bits per heavy atom. The summed E-state index contributed by atoms with van der Waals surface area (Å²) in [6.07, 6.45) is 0.458. The molecule has 0 saturated carbocycles. The first-order valence-corrected chi connectivity index (χ1v) is 6.03. The molecule has 1 atom stereocenters. The predicted octanol–water partition coefficient (Wildman–Crippen LogP) is 3.43. The molecule has 0 bridgehead atoms. The molecule has 2 aromatic carbocycles. The van der Waals surface area contributed by atoms with Gasteiger partial charge in [0.2, 0.25) is 0 Å². The maximum atomic E-state index is 11.3. The van der Waals surface area contributed by atoms with Crippen molar-refractivity contribution in [3.8, 4) is 0 Å². The van der Waals surface area contributed by atoms with Gasteiger partial charge < -0.3 is 5.11 Å². The second-order valence-electron chi connectivity index (χ2n) is 3.87. The molecule has 4 heteroatoms. The Labute approximate surface area is 115 Å². The van der Waals surface area contributed by atoms with Crippen LogP contribution in [-0.4, -0.2) is 11.4 Å². The molecule has 0 radical (unpaired) electrons. The lowest BCUT2D eigenvalue weighted by atomic mass is 9.88. The minimum atomic E-state index is -1.79. The molecule has 1 N–H and O–H groups in total. The van der Waals surface area contributed by atoms with Crippen molar-refractivity contribution < 1.29 is 9.90 Å². The Morgan fingerprint density at radius 2 is 1.72 bits per heavy atom. The van der Waals surface area contributed by atoms with E-state index in [0.717, 1.165) is 0 Å². The third-order valence-corrected chi connectivity index (χ3v) is 3.29. The highest BCUT2D eigenvalue weighted by Crippen LogP contribution is 2.34.